The molecule has 1 unspecified atom stereocenters. The van der Waals surface area contributed by atoms with Crippen molar-refractivity contribution in [2.75, 3.05) is 31.7 Å². The van der Waals surface area contributed by atoms with Crippen molar-refractivity contribution in [3.05, 3.63) is 47.0 Å². The fraction of sp³-hybridized carbons (Fsp3) is 0.438. The summed E-state index contributed by atoms with van der Waals surface area (Å²) >= 11 is 1.62. The number of benzene rings is 1. The van der Waals surface area contributed by atoms with Crippen molar-refractivity contribution in [1.29, 1.82) is 0 Å². The molecule has 0 bridgehead atoms. The highest BCUT2D eigenvalue weighted by molar-refractivity contribution is 7.13. The van der Waals surface area contributed by atoms with Gasteiger partial charge in [0.05, 0.1) is 18.4 Å². The second-order valence-corrected chi connectivity index (χ2v) is 5.66. The summed E-state index contributed by atoms with van der Waals surface area (Å²) < 4.78 is 5.12. The minimum absolute atomic E-state index is 0.504. The Morgan fingerprint density at radius 3 is 2.76 bits per heavy atom. The number of aliphatic hydroxyl groups excluding tert-OH is 1. The Morgan fingerprint density at radius 1 is 1.33 bits per heavy atom. The minimum atomic E-state index is -0.504. The topological polar surface area (TPSA) is 45.6 Å². The van der Waals surface area contributed by atoms with Crippen LogP contribution in [0.3, 0.4) is 0 Å². The number of thiazole rings is 1. The third-order valence-electron chi connectivity index (χ3n) is 3.34. The first-order chi connectivity index (χ1) is 10.2. The lowest BCUT2D eigenvalue weighted by Crippen LogP contribution is -2.26. The van der Waals surface area contributed by atoms with Gasteiger partial charge in [-0.05, 0) is 12.5 Å². The summed E-state index contributed by atoms with van der Waals surface area (Å²) in [5, 5.41) is 13.3. The van der Waals surface area contributed by atoms with Crippen molar-refractivity contribution in [2.45, 2.75) is 19.4 Å². The number of aliphatic hydroxyl groups is 1. The van der Waals surface area contributed by atoms with Crippen LogP contribution in [-0.4, -0.2) is 36.9 Å². The van der Waals surface area contributed by atoms with E-state index in [9.17, 15) is 5.11 Å². The molecule has 0 radical (unpaired) electrons. The Bertz CT molecular complexity index is 530. The maximum atomic E-state index is 10.3. The quantitative estimate of drug-likeness (QED) is 0.814. The van der Waals surface area contributed by atoms with E-state index in [4.69, 9.17) is 4.74 Å². The van der Waals surface area contributed by atoms with Crippen LogP contribution in [0.15, 0.2) is 35.7 Å². The average Bonchev–Trinajstić information content (AvgIpc) is 2.97. The van der Waals surface area contributed by atoms with Crippen molar-refractivity contribution in [3.63, 3.8) is 0 Å². The molecule has 114 valence electrons. The average molecular weight is 306 g/mol. The Labute approximate surface area is 130 Å². The summed E-state index contributed by atoms with van der Waals surface area (Å²) in [4.78, 5) is 6.82. The smallest absolute Gasteiger partial charge is 0.185 e. The van der Waals surface area contributed by atoms with E-state index in [-0.39, 0.29) is 0 Å². The second kappa shape index (κ2) is 8.12. The van der Waals surface area contributed by atoms with Gasteiger partial charge in [0, 0.05) is 32.0 Å². The molecule has 2 rings (SSSR count). The highest BCUT2D eigenvalue weighted by atomic mass is 32.1. The first kappa shape index (κ1) is 15.9. The number of hydrogen-bond donors (Lipinski definition) is 1. The number of hydrogen-bond acceptors (Lipinski definition) is 5. The van der Waals surface area contributed by atoms with Crippen molar-refractivity contribution in [1.82, 2.24) is 4.98 Å². The van der Waals surface area contributed by atoms with Gasteiger partial charge in [0.25, 0.3) is 0 Å². The number of anilines is 1. The van der Waals surface area contributed by atoms with Gasteiger partial charge in [-0.15, -0.1) is 11.3 Å². The molecule has 2 aromatic rings. The standard InChI is InChI=1S/C16H22N2O2S/c1-3-18(9-10-20-2)16-17-14(12-21-16)11-15(19)13-7-5-4-6-8-13/h4-8,12,15,19H,3,9-11H2,1-2H3. The normalized spacial score (nSPS) is 12.3. The first-order valence-corrected chi connectivity index (χ1v) is 8.03. The first-order valence-electron chi connectivity index (χ1n) is 7.16. The molecule has 0 spiro atoms. The van der Waals surface area contributed by atoms with Crippen molar-refractivity contribution < 1.29 is 9.84 Å². The number of rotatable bonds is 8. The molecular weight excluding hydrogens is 284 g/mol. The molecule has 5 heteroatoms. The van der Waals surface area contributed by atoms with Crippen molar-refractivity contribution in [3.8, 4) is 0 Å². The van der Waals surface area contributed by atoms with Crippen molar-refractivity contribution in [2.24, 2.45) is 0 Å². The van der Waals surface area contributed by atoms with Crippen LogP contribution in [0.25, 0.3) is 0 Å². The highest BCUT2D eigenvalue weighted by Crippen LogP contribution is 2.24. The molecule has 4 nitrogen and oxygen atoms in total. The summed E-state index contributed by atoms with van der Waals surface area (Å²) in [6.45, 7) is 4.53. The van der Waals surface area contributed by atoms with Gasteiger partial charge < -0.3 is 14.7 Å². The van der Waals surface area contributed by atoms with Crippen LogP contribution in [0, 0.1) is 0 Å². The number of likely N-dealkylation sites (N-methyl/N-ethyl adjacent to an activating group) is 1. The molecule has 0 saturated heterocycles. The molecule has 1 heterocycles. The Hall–Kier alpha value is -1.43. The van der Waals surface area contributed by atoms with Crippen LogP contribution in [0.2, 0.25) is 0 Å². The molecule has 1 aromatic carbocycles. The van der Waals surface area contributed by atoms with Gasteiger partial charge in [-0.1, -0.05) is 30.3 Å². The van der Waals surface area contributed by atoms with Crippen LogP contribution in [-0.2, 0) is 11.2 Å². The SMILES string of the molecule is CCN(CCOC)c1nc(CC(O)c2ccccc2)cs1. The third kappa shape index (κ3) is 4.52. The van der Waals surface area contributed by atoms with Crippen LogP contribution < -0.4 is 4.90 Å². The molecule has 0 aliphatic carbocycles. The summed E-state index contributed by atoms with van der Waals surface area (Å²) in [5.74, 6) is 0. The maximum Gasteiger partial charge on any atom is 0.185 e. The largest absolute Gasteiger partial charge is 0.388 e. The molecule has 21 heavy (non-hydrogen) atoms. The third-order valence-corrected chi connectivity index (χ3v) is 4.29. The molecular formula is C16H22N2O2S. The zero-order valence-corrected chi connectivity index (χ0v) is 13.3. The summed E-state index contributed by atoms with van der Waals surface area (Å²) in [6.07, 6.45) is 0.0396. The fourth-order valence-electron chi connectivity index (χ4n) is 2.12. The zero-order valence-electron chi connectivity index (χ0n) is 12.5. The van der Waals surface area contributed by atoms with E-state index in [1.54, 1.807) is 18.4 Å². The summed E-state index contributed by atoms with van der Waals surface area (Å²) in [7, 11) is 1.71. The predicted molar refractivity (Wildman–Crippen MR) is 87.0 cm³/mol. The van der Waals surface area contributed by atoms with Crippen LogP contribution >= 0.6 is 11.3 Å². The predicted octanol–water partition coefficient (Wildman–Crippen LogP) is 2.89. The van der Waals surface area contributed by atoms with Crippen molar-refractivity contribution >= 4 is 16.5 Å². The van der Waals surface area contributed by atoms with Gasteiger partial charge >= 0.3 is 0 Å². The van der Waals surface area contributed by atoms with E-state index < -0.39 is 6.10 Å². The lowest BCUT2D eigenvalue weighted by atomic mass is 10.1. The second-order valence-electron chi connectivity index (χ2n) is 4.82. The van der Waals surface area contributed by atoms with E-state index in [0.29, 0.717) is 13.0 Å². The number of nitrogens with zero attached hydrogens (tertiary/aromatic N) is 2. The van der Waals surface area contributed by atoms with Crippen LogP contribution in [0.5, 0.6) is 0 Å². The monoisotopic (exact) mass is 306 g/mol. The van der Waals surface area contributed by atoms with Gasteiger partial charge in [-0.25, -0.2) is 4.98 Å². The Morgan fingerprint density at radius 2 is 2.10 bits per heavy atom. The lowest BCUT2D eigenvalue weighted by Gasteiger charge is -2.18. The fourth-order valence-corrected chi connectivity index (χ4v) is 3.05. The van der Waals surface area contributed by atoms with Gasteiger partial charge in [0.2, 0.25) is 0 Å². The number of aromatic nitrogens is 1. The Balaban J connectivity index is 1.99. The number of ether oxygens (including phenoxy) is 1. The molecule has 1 atom stereocenters. The minimum Gasteiger partial charge on any atom is -0.388 e. The van der Waals surface area contributed by atoms with E-state index in [1.807, 2.05) is 35.7 Å². The van der Waals surface area contributed by atoms with Gasteiger partial charge in [-0.3, -0.25) is 0 Å². The maximum absolute atomic E-state index is 10.3. The highest BCUT2D eigenvalue weighted by Gasteiger charge is 2.13. The van der Waals surface area contributed by atoms with Gasteiger partial charge in [0.15, 0.2) is 5.13 Å². The Kier molecular flexibility index (Phi) is 6.17. The summed E-state index contributed by atoms with van der Waals surface area (Å²) in [5.41, 5.74) is 1.86. The summed E-state index contributed by atoms with van der Waals surface area (Å²) in [6, 6.07) is 9.71. The molecule has 0 aliphatic heterocycles. The van der Waals surface area contributed by atoms with E-state index in [1.165, 1.54) is 0 Å². The number of methoxy groups -OCH3 is 1. The molecule has 1 N–H and O–H groups in total. The molecule has 1 aromatic heterocycles. The molecule has 0 amide bonds. The van der Waals surface area contributed by atoms with E-state index in [0.717, 1.165) is 29.5 Å². The van der Waals surface area contributed by atoms with E-state index >= 15 is 0 Å². The molecule has 0 aliphatic rings. The van der Waals surface area contributed by atoms with Crippen LogP contribution in [0.1, 0.15) is 24.3 Å². The molecule has 0 saturated carbocycles. The van der Waals surface area contributed by atoms with Crippen LogP contribution in [0.4, 0.5) is 5.13 Å². The lowest BCUT2D eigenvalue weighted by molar-refractivity contribution is 0.177. The van der Waals surface area contributed by atoms with Gasteiger partial charge in [0.1, 0.15) is 0 Å². The zero-order chi connectivity index (χ0) is 15.1. The molecule has 0 fully saturated rings. The van der Waals surface area contributed by atoms with E-state index in [2.05, 4.69) is 16.8 Å². The van der Waals surface area contributed by atoms with Gasteiger partial charge in [-0.2, -0.15) is 0 Å².